The largest absolute Gasteiger partial charge is 0.373 e. The highest BCUT2D eigenvalue weighted by atomic mass is 32.2. The number of hydrogen-bond acceptors (Lipinski definition) is 3. The van der Waals surface area contributed by atoms with Crippen molar-refractivity contribution in [2.75, 3.05) is 29.3 Å². The number of rotatable bonds is 2. The highest BCUT2D eigenvalue weighted by Crippen LogP contribution is 2.34. The van der Waals surface area contributed by atoms with Crippen LogP contribution in [0.25, 0.3) is 0 Å². The Morgan fingerprint density at radius 3 is 2.27 bits per heavy atom. The zero-order chi connectivity index (χ0) is 15.7. The summed E-state index contributed by atoms with van der Waals surface area (Å²) in [5.74, 6) is -0.449. The molecule has 1 heterocycles. The van der Waals surface area contributed by atoms with Gasteiger partial charge in [-0.05, 0) is 42.8 Å². The SMILES string of the molecule is CN1CCCN(S(=O)(=O)c2ccc(F)cc2)c2ccccc21. The van der Waals surface area contributed by atoms with Crippen LogP contribution in [0.4, 0.5) is 15.8 Å². The summed E-state index contributed by atoms with van der Waals surface area (Å²) in [6.07, 6.45) is 0.728. The van der Waals surface area contributed by atoms with Gasteiger partial charge >= 0.3 is 0 Å². The van der Waals surface area contributed by atoms with Crippen molar-refractivity contribution >= 4 is 21.4 Å². The molecule has 1 aliphatic rings. The van der Waals surface area contributed by atoms with Gasteiger partial charge in [-0.2, -0.15) is 0 Å². The summed E-state index contributed by atoms with van der Waals surface area (Å²) in [4.78, 5) is 2.16. The molecular formula is C16H17FN2O2S. The molecule has 0 aliphatic carbocycles. The predicted octanol–water partition coefficient (Wildman–Crippen LogP) is 2.86. The maximum absolute atomic E-state index is 13.1. The second-order valence-corrected chi connectivity index (χ2v) is 7.16. The lowest BCUT2D eigenvalue weighted by Crippen LogP contribution is -2.31. The number of nitrogens with zero attached hydrogens (tertiary/aromatic N) is 2. The summed E-state index contributed by atoms with van der Waals surface area (Å²) in [7, 11) is -1.75. The molecule has 1 aliphatic heterocycles. The Balaban J connectivity index is 2.10. The number of sulfonamides is 1. The van der Waals surface area contributed by atoms with Gasteiger partial charge in [-0.1, -0.05) is 12.1 Å². The van der Waals surface area contributed by atoms with E-state index < -0.39 is 15.8 Å². The van der Waals surface area contributed by atoms with E-state index in [1.165, 1.54) is 28.6 Å². The van der Waals surface area contributed by atoms with Gasteiger partial charge in [-0.3, -0.25) is 4.31 Å². The van der Waals surface area contributed by atoms with Gasteiger partial charge in [0.2, 0.25) is 0 Å². The Morgan fingerprint density at radius 2 is 1.59 bits per heavy atom. The minimum absolute atomic E-state index is 0.105. The van der Waals surface area contributed by atoms with Crippen LogP contribution in [0, 0.1) is 5.82 Å². The highest BCUT2D eigenvalue weighted by Gasteiger charge is 2.29. The first-order valence-corrected chi connectivity index (χ1v) is 8.52. The summed E-state index contributed by atoms with van der Waals surface area (Å²) in [5.41, 5.74) is 1.54. The number of benzene rings is 2. The van der Waals surface area contributed by atoms with E-state index in [1.807, 2.05) is 25.2 Å². The summed E-state index contributed by atoms with van der Waals surface area (Å²) < 4.78 is 40.3. The normalized spacial score (nSPS) is 15.4. The first kappa shape index (κ1) is 14.8. The van der Waals surface area contributed by atoms with Crippen LogP contribution >= 0.6 is 0 Å². The molecule has 0 saturated heterocycles. The molecule has 0 fully saturated rings. The van der Waals surface area contributed by atoms with E-state index in [0.717, 1.165) is 18.7 Å². The van der Waals surface area contributed by atoms with Gasteiger partial charge in [-0.15, -0.1) is 0 Å². The van der Waals surface area contributed by atoms with Crippen molar-refractivity contribution in [3.63, 3.8) is 0 Å². The Hall–Kier alpha value is -2.08. The topological polar surface area (TPSA) is 40.6 Å². The van der Waals surface area contributed by atoms with E-state index in [4.69, 9.17) is 0 Å². The van der Waals surface area contributed by atoms with Crippen LogP contribution in [0.3, 0.4) is 0 Å². The molecule has 2 aromatic rings. The third kappa shape index (κ3) is 2.54. The number of fused-ring (bicyclic) bond motifs is 1. The Kier molecular flexibility index (Phi) is 3.78. The molecule has 0 radical (unpaired) electrons. The zero-order valence-corrected chi connectivity index (χ0v) is 13.1. The number of para-hydroxylation sites is 2. The van der Waals surface area contributed by atoms with E-state index in [2.05, 4.69) is 4.90 Å². The third-order valence-electron chi connectivity index (χ3n) is 3.82. The van der Waals surface area contributed by atoms with Gasteiger partial charge < -0.3 is 4.90 Å². The third-order valence-corrected chi connectivity index (χ3v) is 5.65. The van der Waals surface area contributed by atoms with Gasteiger partial charge in [0.15, 0.2) is 0 Å². The van der Waals surface area contributed by atoms with Crippen LogP contribution < -0.4 is 9.21 Å². The molecule has 2 aromatic carbocycles. The molecular weight excluding hydrogens is 303 g/mol. The van der Waals surface area contributed by atoms with Crippen molar-refractivity contribution in [3.8, 4) is 0 Å². The van der Waals surface area contributed by atoms with Gasteiger partial charge in [0.1, 0.15) is 5.82 Å². The molecule has 0 amide bonds. The number of halogens is 1. The minimum Gasteiger partial charge on any atom is -0.373 e. The molecule has 4 nitrogen and oxygen atoms in total. The lowest BCUT2D eigenvalue weighted by atomic mass is 10.2. The second-order valence-electron chi connectivity index (χ2n) is 5.29. The number of hydrogen-bond donors (Lipinski definition) is 0. The molecule has 0 unspecified atom stereocenters. The summed E-state index contributed by atoms with van der Waals surface area (Å²) in [5, 5.41) is 0. The van der Waals surface area contributed by atoms with Crippen LogP contribution in [0.5, 0.6) is 0 Å². The standard InChI is InChI=1S/C16H17FN2O2S/c1-18-11-4-12-19(16-6-3-2-5-15(16)18)22(20,21)14-9-7-13(17)8-10-14/h2-3,5-10H,4,11-12H2,1H3. The lowest BCUT2D eigenvalue weighted by molar-refractivity contribution is 0.589. The van der Waals surface area contributed by atoms with Crippen LogP contribution in [-0.4, -0.2) is 28.6 Å². The molecule has 22 heavy (non-hydrogen) atoms. The average molecular weight is 320 g/mol. The number of anilines is 2. The molecule has 116 valence electrons. The predicted molar refractivity (Wildman–Crippen MR) is 85.3 cm³/mol. The van der Waals surface area contributed by atoms with Crippen molar-refractivity contribution in [1.82, 2.24) is 0 Å². The molecule has 0 bridgehead atoms. The highest BCUT2D eigenvalue weighted by molar-refractivity contribution is 7.92. The zero-order valence-electron chi connectivity index (χ0n) is 12.2. The Morgan fingerprint density at radius 1 is 0.955 bits per heavy atom. The van der Waals surface area contributed by atoms with E-state index in [9.17, 15) is 12.8 Å². The lowest BCUT2D eigenvalue weighted by Gasteiger charge is -2.25. The molecule has 0 saturated carbocycles. The molecule has 0 aromatic heterocycles. The first-order valence-electron chi connectivity index (χ1n) is 7.08. The first-order chi connectivity index (χ1) is 10.5. The maximum atomic E-state index is 13.1. The van der Waals surface area contributed by atoms with Crippen molar-refractivity contribution in [1.29, 1.82) is 0 Å². The van der Waals surface area contributed by atoms with Gasteiger partial charge in [0.25, 0.3) is 10.0 Å². The van der Waals surface area contributed by atoms with Gasteiger partial charge in [-0.25, -0.2) is 12.8 Å². The fourth-order valence-corrected chi connectivity index (χ4v) is 4.19. The van der Waals surface area contributed by atoms with Crippen LogP contribution in [0.2, 0.25) is 0 Å². The smallest absolute Gasteiger partial charge is 0.264 e. The van der Waals surface area contributed by atoms with E-state index >= 15 is 0 Å². The Bertz CT molecular complexity index is 775. The van der Waals surface area contributed by atoms with Gasteiger partial charge in [0.05, 0.1) is 16.3 Å². The van der Waals surface area contributed by atoms with Crippen LogP contribution in [-0.2, 0) is 10.0 Å². The van der Waals surface area contributed by atoms with Crippen molar-refractivity contribution in [2.45, 2.75) is 11.3 Å². The van der Waals surface area contributed by atoms with Gasteiger partial charge in [0, 0.05) is 20.1 Å². The fourth-order valence-electron chi connectivity index (χ4n) is 2.67. The molecule has 0 N–H and O–H groups in total. The molecule has 0 atom stereocenters. The van der Waals surface area contributed by atoms with Crippen molar-refractivity contribution in [2.24, 2.45) is 0 Å². The maximum Gasteiger partial charge on any atom is 0.264 e. The Labute approximate surface area is 129 Å². The fraction of sp³-hybridized carbons (Fsp3) is 0.250. The van der Waals surface area contributed by atoms with E-state index in [0.29, 0.717) is 12.2 Å². The van der Waals surface area contributed by atoms with Crippen LogP contribution in [0.1, 0.15) is 6.42 Å². The summed E-state index contributed by atoms with van der Waals surface area (Å²) in [6.45, 7) is 1.19. The summed E-state index contributed by atoms with van der Waals surface area (Å²) >= 11 is 0. The molecule has 3 rings (SSSR count). The van der Waals surface area contributed by atoms with E-state index in [1.54, 1.807) is 6.07 Å². The molecule has 6 heteroatoms. The van der Waals surface area contributed by atoms with Crippen molar-refractivity contribution < 1.29 is 12.8 Å². The quantitative estimate of drug-likeness (QED) is 0.854. The molecule has 0 spiro atoms. The minimum atomic E-state index is -3.70. The van der Waals surface area contributed by atoms with Crippen LogP contribution in [0.15, 0.2) is 53.4 Å². The van der Waals surface area contributed by atoms with Crippen molar-refractivity contribution in [3.05, 3.63) is 54.3 Å². The summed E-state index contributed by atoms with van der Waals surface area (Å²) in [6, 6.07) is 12.4. The monoisotopic (exact) mass is 320 g/mol. The second kappa shape index (κ2) is 5.61. The van der Waals surface area contributed by atoms with E-state index in [-0.39, 0.29) is 4.90 Å². The average Bonchev–Trinajstić information content (AvgIpc) is 2.68.